The summed E-state index contributed by atoms with van der Waals surface area (Å²) >= 11 is 1.33. The van der Waals surface area contributed by atoms with Gasteiger partial charge in [0.25, 0.3) is 0 Å². The van der Waals surface area contributed by atoms with Crippen molar-refractivity contribution in [3.63, 3.8) is 0 Å². The number of hydrogen-bond acceptors (Lipinski definition) is 7. The smallest absolute Gasteiger partial charge is 0.323 e. The number of nitrogen functional groups attached to an aromatic ring is 1. The van der Waals surface area contributed by atoms with E-state index in [2.05, 4.69) is 55.5 Å². The van der Waals surface area contributed by atoms with Gasteiger partial charge in [-0.2, -0.15) is 4.98 Å². The summed E-state index contributed by atoms with van der Waals surface area (Å²) in [5, 5.41) is 9.39. The molecular formula is C22H20N8OS. The highest BCUT2D eigenvalue weighted by Gasteiger charge is 2.22. The second kappa shape index (κ2) is 8.20. The van der Waals surface area contributed by atoms with E-state index in [1.807, 2.05) is 18.2 Å². The van der Waals surface area contributed by atoms with Crippen molar-refractivity contribution < 1.29 is 4.79 Å². The molecule has 2 amide bonds. The van der Waals surface area contributed by atoms with Crippen LogP contribution in [0.15, 0.2) is 47.8 Å². The SMILES string of the molecule is C#Cc1nc(NC(=O)N2CCN(c3ccc(-c4cccc5nc(N)nn45)cc3)CC2)cs1. The van der Waals surface area contributed by atoms with Crippen molar-refractivity contribution in [2.75, 3.05) is 42.1 Å². The minimum absolute atomic E-state index is 0.158. The maximum Gasteiger partial charge on any atom is 0.323 e. The molecule has 3 aromatic heterocycles. The molecule has 9 nitrogen and oxygen atoms in total. The number of nitrogens with two attached hydrogens (primary N) is 1. The van der Waals surface area contributed by atoms with Crippen LogP contribution in [0.5, 0.6) is 0 Å². The summed E-state index contributed by atoms with van der Waals surface area (Å²) < 4.78 is 1.75. The van der Waals surface area contributed by atoms with Crippen molar-refractivity contribution in [3.05, 3.63) is 52.9 Å². The molecule has 4 heterocycles. The lowest BCUT2D eigenvalue weighted by atomic mass is 10.1. The summed E-state index contributed by atoms with van der Waals surface area (Å²) in [4.78, 5) is 24.9. The number of thiazole rings is 1. The Morgan fingerprint density at radius 1 is 1.09 bits per heavy atom. The van der Waals surface area contributed by atoms with Crippen LogP contribution in [0, 0.1) is 12.3 Å². The average molecular weight is 445 g/mol. The fourth-order valence-corrected chi connectivity index (χ4v) is 4.29. The largest absolute Gasteiger partial charge is 0.368 e. The van der Waals surface area contributed by atoms with E-state index >= 15 is 0 Å². The van der Waals surface area contributed by atoms with Crippen molar-refractivity contribution in [1.29, 1.82) is 0 Å². The highest BCUT2D eigenvalue weighted by atomic mass is 32.1. The second-order valence-corrected chi connectivity index (χ2v) is 8.14. The van der Waals surface area contributed by atoms with Crippen LogP contribution in [0.2, 0.25) is 0 Å². The number of urea groups is 1. The first kappa shape index (κ1) is 19.8. The Hall–Kier alpha value is -4.10. The van der Waals surface area contributed by atoms with Gasteiger partial charge in [0.2, 0.25) is 5.95 Å². The molecule has 160 valence electrons. The zero-order valence-electron chi connectivity index (χ0n) is 17.1. The third kappa shape index (κ3) is 3.81. The van der Waals surface area contributed by atoms with Crippen LogP contribution in [-0.4, -0.2) is 56.7 Å². The number of anilines is 3. The van der Waals surface area contributed by atoms with Crippen molar-refractivity contribution in [3.8, 4) is 23.6 Å². The second-order valence-electron chi connectivity index (χ2n) is 7.28. The number of amides is 2. The summed E-state index contributed by atoms with van der Waals surface area (Å²) in [6, 6.07) is 13.9. The molecular weight excluding hydrogens is 424 g/mol. The molecule has 1 aliphatic rings. The number of hydrogen-bond donors (Lipinski definition) is 2. The number of terminal acetylenes is 1. The Bertz CT molecular complexity index is 1310. The molecule has 0 saturated carbocycles. The molecule has 1 fully saturated rings. The van der Waals surface area contributed by atoms with E-state index in [0.717, 1.165) is 30.0 Å². The van der Waals surface area contributed by atoms with Crippen LogP contribution in [-0.2, 0) is 0 Å². The normalized spacial score (nSPS) is 13.8. The minimum atomic E-state index is -0.158. The van der Waals surface area contributed by atoms with Gasteiger partial charge in [-0.25, -0.2) is 14.3 Å². The number of carbonyl (C=O) groups excluding carboxylic acids is 1. The van der Waals surface area contributed by atoms with Gasteiger partial charge in [0.15, 0.2) is 10.7 Å². The first-order valence-electron chi connectivity index (χ1n) is 10.1. The lowest BCUT2D eigenvalue weighted by Crippen LogP contribution is -2.50. The average Bonchev–Trinajstić information content (AvgIpc) is 3.44. The van der Waals surface area contributed by atoms with Crippen LogP contribution < -0.4 is 16.0 Å². The summed E-state index contributed by atoms with van der Waals surface area (Å²) in [7, 11) is 0. The fourth-order valence-electron chi connectivity index (χ4n) is 3.74. The number of carbonyl (C=O) groups is 1. The van der Waals surface area contributed by atoms with E-state index in [9.17, 15) is 4.79 Å². The Labute approximate surface area is 188 Å². The number of piperazine rings is 1. The highest BCUT2D eigenvalue weighted by Crippen LogP contribution is 2.25. The third-order valence-corrected chi connectivity index (χ3v) is 6.11. The molecule has 0 spiro atoms. The van der Waals surface area contributed by atoms with Crippen molar-refractivity contribution >= 4 is 40.5 Å². The molecule has 0 atom stereocenters. The molecule has 0 bridgehead atoms. The first-order chi connectivity index (χ1) is 15.6. The molecule has 0 radical (unpaired) electrons. The van der Waals surface area contributed by atoms with E-state index in [0.29, 0.717) is 29.6 Å². The number of nitrogens with zero attached hydrogens (tertiary/aromatic N) is 6. The molecule has 32 heavy (non-hydrogen) atoms. The lowest BCUT2D eigenvalue weighted by Gasteiger charge is -2.36. The lowest BCUT2D eigenvalue weighted by molar-refractivity contribution is 0.208. The number of fused-ring (bicyclic) bond motifs is 1. The zero-order chi connectivity index (χ0) is 22.1. The Morgan fingerprint density at radius 2 is 1.88 bits per heavy atom. The van der Waals surface area contributed by atoms with Gasteiger partial charge < -0.3 is 15.5 Å². The third-order valence-electron chi connectivity index (χ3n) is 5.33. The molecule has 1 aliphatic heterocycles. The van der Waals surface area contributed by atoms with Crippen molar-refractivity contribution in [2.24, 2.45) is 0 Å². The highest BCUT2D eigenvalue weighted by molar-refractivity contribution is 7.10. The quantitative estimate of drug-likeness (QED) is 0.471. The molecule has 0 aliphatic carbocycles. The van der Waals surface area contributed by atoms with Crippen molar-refractivity contribution in [2.45, 2.75) is 0 Å². The molecule has 1 aromatic carbocycles. The van der Waals surface area contributed by atoms with Crippen LogP contribution >= 0.6 is 11.3 Å². The Morgan fingerprint density at radius 3 is 2.59 bits per heavy atom. The van der Waals surface area contributed by atoms with Crippen LogP contribution in [0.25, 0.3) is 16.9 Å². The van der Waals surface area contributed by atoms with E-state index < -0.39 is 0 Å². The molecule has 4 aromatic rings. The number of aromatic nitrogens is 4. The monoisotopic (exact) mass is 444 g/mol. The fraction of sp³-hybridized carbons (Fsp3) is 0.182. The van der Waals surface area contributed by atoms with Gasteiger partial charge in [0.1, 0.15) is 5.82 Å². The Balaban J connectivity index is 1.23. The molecule has 3 N–H and O–H groups in total. The van der Waals surface area contributed by atoms with Gasteiger partial charge in [0.05, 0.1) is 5.69 Å². The van der Waals surface area contributed by atoms with Crippen LogP contribution in [0.4, 0.5) is 22.2 Å². The van der Waals surface area contributed by atoms with Gasteiger partial charge in [-0.05, 0) is 30.2 Å². The molecule has 0 unspecified atom stereocenters. The molecule has 1 saturated heterocycles. The minimum Gasteiger partial charge on any atom is -0.368 e. The number of pyridine rings is 1. The predicted octanol–water partition coefficient (Wildman–Crippen LogP) is 2.77. The first-order valence-corrected chi connectivity index (χ1v) is 10.9. The maximum absolute atomic E-state index is 12.5. The topological polar surface area (TPSA) is 105 Å². The van der Waals surface area contributed by atoms with Gasteiger partial charge in [-0.15, -0.1) is 22.9 Å². The van der Waals surface area contributed by atoms with Gasteiger partial charge in [-0.3, -0.25) is 5.32 Å². The molecule has 5 rings (SSSR count). The predicted molar refractivity (Wildman–Crippen MR) is 126 cm³/mol. The summed E-state index contributed by atoms with van der Waals surface area (Å²) in [5.41, 5.74) is 9.52. The zero-order valence-corrected chi connectivity index (χ0v) is 17.9. The summed E-state index contributed by atoms with van der Waals surface area (Å²) in [6.07, 6.45) is 5.33. The van der Waals surface area contributed by atoms with Gasteiger partial charge in [0, 0.05) is 42.8 Å². The Kier molecular flexibility index (Phi) is 5.09. The van der Waals surface area contributed by atoms with E-state index in [-0.39, 0.29) is 12.0 Å². The maximum atomic E-state index is 12.5. The summed E-state index contributed by atoms with van der Waals surface area (Å²) in [6.45, 7) is 2.73. The van der Waals surface area contributed by atoms with E-state index in [1.54, 1.807) is 14.8 Å². The number of benzene rings is 1. The molecule has 10 heteroatoms. The van der Waals surface area contributed by atoms with Crippen LogP contribution in [0.3, 0.4) is 0 Å². The van der Waals surface area contributed by atoms with E-state index in [1.165, 1.54) is 11.3 Å². The van der Waals surface area contributed by atoms with E-state index in [4.69, 9.17) is 12.2 Å². The standard InChI is InChI=1S/C22H20N8OS/c1-2-20-24-18(14-32-20)25-22(31)29-12-10-28(11-13-29)16-8-6-15(7-9-16)17-4-3-5-19-26-21(23)27-30(17)19/h1,3-9,14H,10-13H2,(H2,23,27)(H,25,31). The van der Waals surface area contributed by atoms with Crippen LogP contribution in [0.1, 0.15) is 5.01 Å². The van der Waals surface area contributed by atoms with Gasteiger partial charge in [-0.1, -0.05) is 18.2 Å². The van der Waals surface area contributed by atoms with Crippen molar-refractivity contribution in [1.82, 2.24) is 24.5 Å². The number of rotatable bonds is 3. The number of nitrogens with one attached hydrogen (secondary N) is 1. The van der Waals surface area contributed by atoms with Gasteiger partial charge >= 0.3 is 6.03 Å². The summed E-state index contributed by atoms with van der Waals surface area (Å²) in [5.74, 6) is 3.22.